The predicted octanol–water partition coefficient (Wildman–Crippen LogP) is 7.78. The maximum Gasteiger partial charge on any atom is 0.208 e. The standard InChI is InChI=1S/C27H19Cl2N3O2S/c1-17-7-5-6-10-22(17)32-26(18-8-3-2-4-9-18)30-31-27(32)35-16-23(33)25-14-13-24(34-25)20-15-19(28)11-12-21(20)29/h2-15H,16H2,1H3. The summed E-state index contributed by atoms with van der Waals surface area (Å²) in [7, 11) is 0. The smallest absolute Gasteiger partial charge is 0.208 e. The molecule has 5 aromatic rings. The summed E-state index contributed by atoms with van der Waals surface area (Å²) in [5, 5.41) is 10.5. The van der Waals surface area contributed by atoms with E-state index in [0.29, 0.717) is 32.3 Å². The van der Waals surface area contributed by atoms with Crippen LogP contribution >= 0.6 is 35.0 Å². The summed E-state index contributed by atoms with van der Waals surface area (Å²) in [6.07, 6.45) is 0. The van der Waals surface area contributed by atoms with Crippen molar-refractivity contribution in [3.63, 3.8) is 0 Å². The van der Waals surface area contributed by atoms with Crippen LogP contribution in [0.15, 0.2) is 94.5 Å². The molecule has 8 heteroatoms. The molecule has 0 atom stereocenters. The van der Waals surface area contributed by atoms with E-state index >= 15 is 0 Å². The van der Waals surface area contributed by atoms with Crippen LogP contribution in [0.5, 0.6) is 0 Å². The molecular formula is C27H19Cl2N3O2S. The number of aryl methyl sites for hydroxylation is 1. The molecule has 0 saturated heterocycles. The van der Waals surface area contributed by atoms with E-state index in [9.17, 15) is 4.79 Å². The first-order chi connectivity index (χ1) is 17.0. The molecule has 0 radical (unpaired) electrons. The third-order valence-electron chi connectivity index (χ3n) is 5.43. The molecule has 0 N–H and O–H groups in total. The molecule has 5 rings (SSSR count). The number of thioether (sulfide) groups is 1. The van der Waals surface area contributed by atoms with Crippen LogP contribution in [0.4, 0.5) is 0 Å². The third kappa shape index (κ3) is 4.91. The first-order valence-corrected chi connectivity index (χ1v) is 12.5. The number of carbonyl (C=O) groups is 1. The monoisotopic (exact) mass is 519 g/mol. The van der Waals surface area contributed by atoms with Crippen molar-refractivity contribution in [2.45, 2.75) is 12.1 Å². The zero-order valence-electron chi connectivity index (χ0n) is 18.6. The first kappa shape index (κ1) is 23.4. The molecular weight excluding hydrogens is 501 g/mol. The number of hydrogen-bond donors (Lipinski definition) is 0. The first-order valence-electron chi connectivity index (χ1n) is 10.8. The molecule has 174 valence electrons. The number of halogens is 2. The number of furan rings is 1. The lowest BCUT2D eigenvalue weighted by molar-refractivity contribution is 0.0993. The lowest BCUT2D eigenvalue weighted by Gasteiger charge is -2.12. The van der Waals surface area contributed by atoms with Gasteiger partial charge in [-0.15, -0.1) is 10.2 Å². The largest absolute Gasteiger partial charge is 0.453 e. The highest BCUT2D eigenvalue weighted by molar-refractivity contribution is 7.99. The van der Waals surface area contributed by atoms with Gasteiger partial charge in [0.05, 0.1) is 16.5 Å². The zero-order chi connectivity index (χ0) is 24.4. The highest BCUT2D eigenvalue weighted by Crippen LogP contribution is 2.33. The van der Waals surface area contributed by atoms with Crippen molar-refractivity contribution in [3.8, 4) is 28.4 Å². The normalized spacial score (nSPS) is 11.1. The number of rotatable bonds is 7. The van der Waals surface area contributed by atoms with Gasteiger partial charge in [-0.25, -0.2) is 0 Å². The van der Waals surface area contributed by atoms with E-state index in [1.54, 1.807) is 30.3 Å². The average molecular weight is 520 g/mol. The van der Waals surface area contributed by atoms with Gasteiger partial charge in [-0.2, -0.15) is 0 Å². The molecule has 0 unspecified atom stereocenters. The van der Waals surface area contributed by atoms with Crippen LogP contribution in [-0.2, 0) is 0 Å². The number of ketones is 1. The van der Waals surface area contributed by atoms with E-state index in [1.807, 2.05) is 66.1 Å². The second-order valence-corrected chi connectivity index (χ2v) is 9.58. The molecule has 3 aromatic carbocycles. The van der Waals surface area contributed by atoms with E-state index < -0.39 is 0 Å². The molecule has 0 spiro atoms. The van der Waals surface area contributed by atoms with Gasteiger partial charge >= 0.3 is 0 Å². The molecule has 0 fully saturated rings. The maximum atomic E-state index is 13.0. The number of nitrogens with zero attached hydrogens (tertiary/aromatic N) is 3. The quantitative estimate of drug-likeness (QED) is 0.162. The number of Topliss-reactive ketones (excluding diaryl/α,β-unsaturated/α-hetero) is 1. The summed E-state index contributed by atoms with van der Waals surface area (Å²) in [5.41, 5.74) is 3.61. The van der Waals surface area contributed by atoms with Crippen LogP contribution < -0.4 is 0 Å². The maximum absolute atomic E-state index is 13.0. The van der Waals surface area contributed by atoms with Crippen LogP contribution in [-0.4, -0.2) is 26.3 Å². The Labute approximate surface area is 216 Å². The number of benzene rings is 3. The van der Waals surface area contributed by atoms with Gasteiger partial charge < -0.3 is 4.42 Å². The number of carbonyl (C=O) groups excluding carboxylic acids is 1. The Morgan fingerprint density at radius 2 is 1.71 bits per heavy atom. The zero-order valence-corrected chi connectivity index (χ0v) is 20.9. The molecule has 2 aromatic heterocycles. The van der Waals surface area contributed by atoms with Gasteiger partial charge in [0.15, 0.2) is 16.7 Å². The van der Waals surface area contributed by atoms with Crippen molar-refractivity contribution in [2.24, 2.45) is 0 Å². The molecule has 0 saturated carbocycles. The van der Waals surface area contributed by atoms with Gasteiger partial charge in [0.25, 0.3) is 0 Å². The number of hydrogen-bond acceptors (Lipinski definition) is 5. The highest BCUT2D eigenvalue weighted by atomic mass is 35.5. The van der Waals surface area contributed by atoms with Crippen LogP contribution in [0, 0.1) is 6.92 Å². The fourth-order valence-corrected chi connectivity index (χ4v) is 4.89. The molecule has 2 heterocycles. The minimum absolute atomic E-state index is 0.134. The summed E-state index contributed by atoms with van der Waals surface area (Å²) in [4.78, 5) is 13.0. The molecule has 0 bridgehead atoms. The van der Waals surface area contributed by atoms with Gasteiger partial charge in [-0.1, -0.05) is 83.5 Å². The predicted molar refractivity (Wildman–Crippen MR) is 141 cm³/mol. The second-order valence-electron chi connectivity index (χ2n) is 7.79. The van der Waals surface area contributed by atoms with Crippen molar-refractivity contribution in [1.82, 2.24) is 14.8 Å². The van der Waals surface area contributed by atoms with Crippen molar-refractivity contribution in [3.05, 3.63) is 106 Å². The SMILES string of the molecule is Cc1ccccc1-n1c(SCC(=O)c2ccc(-c3cc(Cl)ccc3Cl)o2)nnc1-c1ccccc1. The van der Waals surface area contributed by atoms with Gasteiger partial charge in [-0.3, -0.25) is 9.36 Å². The van der Waals surface area contributed by atoms with Gasteiger partial charge in [0.2, 0.25) is 5.78 Å². The van der Waals surface area contributed by atoms with Crippen LogP contribution in [0.25, 0.3) is 28.4 Å². The second kappa shape index (κ2) is 10.1. The van der Waals surface area contributed by atoms with Gasteiger partial charge in [0, 0.05) is 16.1 Å². The summed E-state index contributed by atoms with van der Waals surface area (Å²) in [6.45, 7) is 2.04. The van der Waals surface area contributed by atoms with E-state index in [1.165, 1.54) is 11.8 Å². The van der Waals surface area contributed by atoms with Gasteiger partial charge in [-0.05, 0) is 48.9 Å². The molecule has 5 nitrogen and oxygen atoms in total. The van der Waals surface area contributed by atoms with Crippen molar-refractivity contribution < 1.29 is 9.21 Å². The lowest BCUT2D eigenvalue weighted by Crippen LogP contribution is -2.05. The minimum atomic E-state index is -0.167. The fourth-order valence-electron chi connectivity index (χ4n) is 3.69. The van der Waals surface area contributed by atoms with Crippen LogP contribution in [0.2, 0.25) is 10.0 Å². The Morgan fingerprint density at radius 1 is 0.943 bits per heavy atom. The Balaban J connectivity index is 1.42. The van der Waals surface area contributed by atoms with Crippen molar-refractivity contribution in [1.29, 1.82) is 0 Å². The summed E-state index contributed by atoms with van der Waals surface area (Å²) >= 11 is 13.7. The highest BCUT2D eigenvalue weighted by Gasteiger charge is 2.20. The van der Waals surface area contributed by atoms with Gasteiger partial charge in [0.1, 0.15) is 5.76 Å². The van der Waals surface area contributed by atoms with Crippen molar-refractivity contribution in [2.75, 3.05) is 5.75 Å². The van der Waals surface area contributed by atoms with Crippen LogP contribution in [0.1, 0.15) is 16.1 Å². The average Bonchev–Trinajstić information content (AvgIpc) is 3.53. The molecule has 0 aliphatic rings. The van der Waals surface area contributed by atoms with Crippen LogP contribution in [0.3, 0.4) is 0 Å². The van der Waals surface area contributed by atoms with E-state index in [4.69, 9.17) is 27.6 Å². The Morgan fingerprint density at radius 3 is 2.51 bits per heavy atom. The number of para-hydroxylation sites is 1. The molecule has 0 aliphatic heterocycles. The summed E-state index contributed by atoms with van der Waals surface area (Å²) in [6, 6.07) is 26.4. The topological polar surface area (TPSA) is 60.9 Å². The Hall–Kier alpha value is -3.32. The third-order valence-corrected chi connectivity index (χ3v) is 6.92. The molecule has 0 aliphatic carbocycles. The lowest BCUT2D eigenvalue weighted by atomic mass is 10.1. The van der Waals surface area contributed by atoms with E-state index in [-0.39, 0.29) is 17.3 Å². The Kier molecular flexibility index (Phi) is 6.77. The summed E-state index contributed by atoms with van der Waals surface area (Å²) in [5.74, 6) is 1.41. The fraction of sp³-hybridized carbons (Fsp3) is 0.0741. The molecule has 0 amide bonds. The van der Waals surface area contributed by atoms with E-state index in [2.05, 4.69) is 10.2 Å². The summed E-state index contributed by atoms with van der Waals surface area (Å²) < 4.78 is 7.80. The van der Waals surface area contributed by atoms with E-state index in [0.717, 1.165) is 16.8 Å². The minimum Gasteiger partial charge on any atom is -0.453 e. The number of aromatic nitrogens is 3. The van der Waals surface area contributed by atoms with Crippen molar-refractivity contribution >= 4 is 40.7 Å². The molecule has 35 heavy (non-hydrogen) atoms. The Bertz CT molecular complexity index is 1510.